The number of H-pyrrole nitrogens is 1. The second-order valence-corrected chi connectivity index (χ2v) is 9.17. The molecule has 37 heavy (non-hydrogen) atoms. The first-order valence-corrected chi connectivity index (χ1v) is 11.4. The van der Waals surface area contributed by atoms with Crippen LogP contribution in [0.5, 0.6) is 0 Å². The number of nitrogens with zero attached hydrogens (tertiary/aromatic N) is 3. The lowest BCUT2D eigenvalue weighted by Crippen LogP contribution is -2.36. The maximum absolute atomic E-state index is 13.7. The van der Waals surface area contributed by atoms with E-state index >= 15 is 0 Å². The van der Waals surface area contributed by atoms with E-state index in [0.29, 0.717) is 0 Å². The van der Waals surface area contributed by atoms with Gasteiger partial charge in [0.05, 0.1) is 18.4 Å². The average Bonchev–Trinajstić information content (AvgIpc) is 3.42. The van der Waals surface area contributed by atoms with Gasteiger partial charge >= 0.3 is 23.8 Å². The Morgan fingerprint density at radius 2 is 1.95 bits per heavy atom. The number of fused-ring (bicyclic) bond motifs is 1. The summed E-state index contributed by atoms with van der Waals surface area (Å²) in [5.41, 5.74) is -2.13. The molecule has 0 unspecified atom stereocenters. The van der Waals surface area contributed by atoms with Crippen molar-refractivity contribution in [1.29, 1.82) is 0 Å². The number of aliphatic carboxylic acids is 1. The molecule has 16 heteroatoms. The number of carbonyl (C=O) groups is 3. The Labute approximate surface area is 205 Å². The maximum atomic E-state index is 13.7. The Hall–Kier alpha value is -3.69. The van der Waals surface area contributed by atoms with Gasteiger partial charge in [-0.3, -0.25) is 34.0 Å². The number of carboxylic acids is 1. The van der Waals surface area contributed by atoms with Crippen molar-refractivity contribution in [2.45, 2.75) is 70.7 Å². The molecule has 0 spiro atoms. The van der Waals surface area contributed by atoms with Crippen LogP contribution >= 0.6 is 0 Å². The summed E-state index contributed by atoms with van der Waals surface area (Å²) in [7, 11) is 0. The highest BCUT2D eigenvalue weighted by molar-refractivity contribution is 5.87. The number of carboxylic acid groups (broad SMARTS) is 1. The molecule has 2 aromatic rings. The molecule has 0 bridgehead atoms. The third-order valence-electron chi connectivity index (χ3n) is 6.18. The van der Waals surface area contributed by atoms with Crippen molar-refractivity contribution >= 4 is 35.0 Å². The summed E-state index contributed by atoms with van der Waals surface area (Å²) >= 11 is 0. The zero-order valence-corrected chi connectivity index (χ0v) is 19.7. The topological polar surface area (TPSA) is 175 Å². The van der Waals surface area contributed by atoms with Crippen molar-refractivity contribution in [3.05, 3.63) is 20.8 Å². The Morgan fingerprint density at radius 1 is 1.27 bits per heavy atom. The number of alkyl halides is 3. The lowest BCUT2D eigenvalue weighted by Gasteiger charge is -2.24. The van der Waals surface area contributed by atoms with Crippen LogP contribution in [-0.2, 0) is 30.4 Å². The van der Waals surface area contributed by atoms with Crippen molar-refractivity contribution in [1.82, 2.24) is 19.1 Å². The maximum Gasteiger partial charge on any atom is 0.394 e. The minimum atomic E-state index is -4.97. The van der Waals surface area contributed by atoms with Crippen LogP contribution in [0, 0.1) is 11.8 Å². The highest BCUT2D eigenvalue weighted by atomic mass is 19.4. The van der Waals surface area contributed by atoms with Gasteiger partial charge in [-0.2, -0.15) is 18.2 Å². The first-order valence-electron chi connectivity index (χ1n) is 11.4. The lowest BCUT2D eigenvalue weighted by molar-refractivity contribution is -0.213. The van der Waals surface area contributed by atoms with Gasteiger partial charge in [0.15, 0.2) is 17.4 Å². The molecule has 13 nitrogen and oxygen atoms in total. The smallest absolute Gasteiger partial charge is 0.394 e. The molecule has 202 valence electrons. The number of hydrogen-bond acceptors (Lipinski definition) is 8. The molecule has 4 atom stereocenters. The summed E-state index contributed by atoms with van der Waals surface area (Å²) in [6.07, 6.45) is -10.1. The molecule has 2 aromatic heterocycles. The minimum Gasteiger partial charge on any atom is -0.481 e. The van der Waals surface area contributed by atoms with E-state index in [1.54, 1.807) is 0 Å². The number of hydrogen-bond donors (Lipinski definition) is 3. The normalized spacial score (nSPS) is 22.7. The molecule has 2 aliphatic rings. The van der Waals surface area contributed by atoms with E-state index in [2.05, 4.69) is 15.3 Å². The molecule has 3 N–H and O–H groups in total. The number of ether oxygens (including phenoxy) is 2. The van der Waals surface area contributed by atoms with Gasteiger partial charge in [0.25, 0.3) is 5.56 Å². The van der Waals surface area contributed by atoms with E-state index in [9.17, 15) is 37.1 Å². The molecule has 0 radical (unpaired) electrons. The predicted molar refractivity (Wildman–Crippen MR) is 118 cm³/mol. The molecule has 1 aliphatic heterocycles. The van der Waals surface area contributed by atoms with Gasteiger partial charge in [0.2, 0.25) is 11.9 Å². The zero-order valence-electron chi connectivity index (χ0n) is 19.7. The van der Waals surface area contributed by atoms with Crippen LogP contribution < -0.4 is 16.6 Å². The summed E-state index contributed by atoms with van der Waals surface area (Å²) in [6.45, 7) is 2.29. The van der Waals surface area contributed by atoms with Gasteiger partial charge in [-0.15, -0.1) is 0 Å². The first kappa shape index (κ1) is 26.4. The van der Waals surface area contributed by atoms with Crippen LogP contribution in [0.15, 0.2) is 9.59 Å². The van der Waals surface area contributed by atoms with Crippen LogP contribution in [0.4, 0.5) is 19.1 Å². The molecular weight excluding hydrogens is 507 g/mol. The highest BCUT2D eigenvalue weighted by Crippen LogP contribution is 2.42. The van der Waals surface area contributed by atoms with E-state index in [1.165, 1.54) is 0 Å². The van der Waals surface area contributed by atoms with E-state index < -0.39 is 72.5 Å². The summed E-state index contributed by atoms with van der Waals surface area (Å²) in [5, 5.41) is 11.3. The molecule has 2 fully saturated rings. The van der Waals surface area contributed by atoms with E-state index in [4.69, 9.17) is 14.6 Å². The van der Waals surface area contributed by atoms with Crippen molar-refractivity contribution in [2.75, 3.05) is 5.32 Å². The van der Waals surface area contributed by atoms with E-state index in [1.807, 2.05) is 0 Å². The third kappa shape index (κ3) is 5.52. The van der Waals surface area contributed by atoms with E-state index in [0.717, 1.165) is 35.8 Å². The second-order valence-electron chi connectivity index (χ2n) is 9.17. The van der Waals surface area contributed by atoms with Crippen LogP contribution in [0.25, 0.3) is 11.2 Å². The van der Waals surface area contributed by atoms with Gasteiger partial charge in [0.1, 0.15) is 6.10 Å². The monoisotopic (exact) mass is 531 g/mol. The largest absolute Gasteiger partial charge is 0.481 e. The SMILES string of the molecule is CC(=O)Nc1nc2c(c(=O)[nH]1)n(CC1CC1)c(=O)n2[C@@H]1O[C@H]([C@@H](CC(=O)O)C(F)(F)F)C[C@H]1OC(C)=O. The molecule has 0 aromatic carbocycles. The molecule has 1 aliphatic carbocycles. The number of rotatable bonds is 8. The molecule has 1 saturated carbocycles. The van der Waals surface area contributed by atoms with Crippen LogP contribution in [0.1, 0.15) is 45.8 Å². The molecule has 4 rings (SSSR count). The van der Waals surface area contributed by atoms with Crippen molar-refractivity contribution < 1.29 is 42.1 Å². The lowest BCUT2D eigenvalue weighted by atomic mass is 9.95. The number of halogens is 3. The summed E-state index contributed by atoms with van der Waals surface area (Å²) in [5.74, 6) is -5.87. The summed E-state index contributed by atoms with van der Waals surface area (Å²) in [6, 6.07) is 0. The fourth-order valence-corrected chi connectivity index (χ4v) is 4.49. The van der Waals surface area contributed by atoms with Gasteiger partial charge in [-0.25, -0.2) is 9.36 Å². The molecule has 1 saturated heterocycles. The Balaban J connectivity index is 1.87. The van der Waals surface area contributed by atoms with E-state index in [-0.39, 0.29) is 29.6 Å². The van der Waals surface area contributed by atoms with Crippen molar-refractivity contribution in [3.63, 3.8) is 0 Å². The van der Waals surface area contributed by atoms with Crippen LogP contribution in [0.2, 0.25) is 0 Å². The minimum absolute atomic E-state index is 0.0952. The van der Waals surface area contributed by atoms with Gasteiger partial charge < -0.3 is 14.6 Å². The number of esters is 1. The first-order chi connectivity index (χ1) is 17.3. The number of amides is 1. The van der Waals surface area contributed by atoms with Crippen LogP contribution in [-0.4, -0.2) is 60.4 Å². The summed E-state index contributed by atoms with van der Waals surface area (Å²) < 4.78 is 53.9. The van der Waals surface area contributed by atoms with Gasteiger partial charge in [0, 0.05) is 26.8 Å². The number of anilines is 1. The predicted octanol–water partition coefficient (Wildman–Crippen LogP) is 1.13. The highest BCUT2D eigenvalue weighted by Gasteiger charge is 2.53. The number of carbonyl (C=O) groups excluding carboxylic acids is 2. The number of imidazole rings is 1. The Morgan fingerprint density at radius 3 is 2.49 bits per heavy atom. The quantitative estimate of drug-likeness (QED) is 0.422. The average molecular weight is 531 g/mol. The third-order valence-corrected chi connectivity index (χ3v) is 6.18. The number of nitrogens with one attached hydrogen (secondary N) is 2. The summed E-state index contributed by atoms with van der Waals surface area (Å²) in [4.78, 5) is 67.3. The second kappa shape index (κ2) is 9.64. The Kier molecular flexibility index (Phi) is 6.87. The zero-order chi connectivity index (χ0) is 27.2. The number of aromatic nitrogens is 4. The van der Waals surface area contributed by atoms with Gasteiger partial charge in [-0.05, 0) is 18.8 Å². The fourth-order valence-electron chi connectivity index (χ4n) is 4.49. The number of aromatic amines is 1. The van der Waals surface area contributed by atoms with Gasteiger partial charge in [-0.1, -0.05) is 0 Å². The van der Waals surface area contributed by atoms with Crippen molar-refractivity contribution in [2.24, 2.45) is 11.8 Å². The van der Waals surface area contributed by atoms with Crippen LogP contribution in [0.3, 0.4) is 0 Å². The molecule has 1 amide bonds. The fraction of sp³-hybridized carbons (Fsp3) is 0.619. The molecule has 3 heterocycles. The Bertz CT molecular complexity index is 1360. The standard InChI is InChI=1S/C21H24F3N5O8/c1-8(30)25-19-26-16-15(17(34)27-19)28(7-10-3-4-10)20(35)29(16)18-13(36-9(2)31)6-12(37-18)11(5-14(32)33)21(22,23)24/h10-13,18H,3-7H2,1-2H3,(H,32,33)(H2,25,26,27,30,34)/t11-,12+,13-,18-/m1/s1. The van der Waals surface area contributed by atoms with Crippen molar-refractivity contribution in [3.8, 4) is 0 Å². The molecular formula is C21H24F3N5O8.